The Kier molecular flexibility index (Phi) is 4.32. The summed E-state index contributed by atoms with van der Waals surface area (Å²) in [6, 6.07) is 0. The lowest BCUT2D eigenvalue weighted by Crippen LogP contribution is -2.66. The summed E-state index contributed by atoms with van der Waals surface area (Å²) < 4.78 is 18.8. The molecule has 1 saturated carbocycles. The fraction of sp³-hybridized carbons (Fsp3) is 0.944. The van der Waals surface area contributed by atoms with E-state index >= 15 is 0 Å². The summed E-state index contributed by atoms with van der Waals surface area (Å²) in [4.78, 5) is 13.4. The normalized spacial score (nSPS) is 38.8. The molecule has 0 N–H and O–H groups in total. The Morgan fingerprint density at radius 1 is 1.09 bits per heavy atom. The van der Waals surface area contributed by atoms with Gasteiger partial charge >= 0.3 is 0 Å². The molecular formula is C18H32O4Si. The van der Waals surface area contributed by atoms with E-state index < -0.39 is 13.9 Å². The summed E-state index contributed by atoms with van der Waals surface area (Å²) in [5.74, 6) is 0.160. The first-order chi connectivity index (χ1) is 10.6. The number of carbonyl (C=O) groups is 1. The number of ketones is 1. The third-order valence-corrected chi connectivity index (χ3v) is 11.1. The third kappa shape index (κ3) is 2.64. The highest BCUT2D eigenvalue weighted by atomic mass is 28.4. The van der Waals surface area contributed by atoms with Gasteiger partial charge in [-0.2, -0.15) is 0 Å². The number of hydrogen-bond acceptors (Lipinski definition) is 4. The molecule has 2 heterocycles. The van der Waals surface area contributed by atoms with E-state index in [1.165, 1.54) is 0 Å². The van der Waals surface area contributed by atoms with Crippen molar-refractivity contribution in [1.82, 2.24) is 0 Å². The number of hydrogen-bond donors (Lipinski definition) is 0. The van der Waals surface area contributed by atoms with Crippen molar-refractivity contribution in [2.75, 3.05) is 13.2 Å². The second-order valence-electron chi connectivity index (χ2n) is 9.00. The second kappa shape index (κ2) is 5.65. The molecule has 3 atom stereocenters. The number of Topliss-reactive ketones (excluding diaryl/α,β-unsaturated/α-hetero) is 1. The summed E-state index contributed by atoms with van der Waals surface area (Å²) >= 11 is 0. The van der Waals surface area contributed by atoms with Crippen LogP contribution in [0.5, 0.6) is 0 Å². The smallest absolute Gasteiger partial charge is 0.194 e. The number of fused-ring (bicyclic) bond motifs is 1. The van der Waals surface area contributed by atoms with Crippen LogP contribution in [0.15, 0.2) is 0 Å². The van der Waals surface area contributed by atoms with Crippen molar-refractivity contribution in [2.45, 2.75) is 94.7 Å². The molecule has 132 valence electrons. The van der Waals surface area contributed by atoms with Crippen molar-refractivity contribution in [3.63, 3.8) is 0 Å². The first-order valence-electron chi connectivity index (χ1n) is 9.14. The van der Waals surface area contributed by atoms with Crippen LogP contribution in [0.3, 0.4) is 0 Å². The van der Waals surface area contributed by atoms with Gasteiger partial charge in [-0.3, -0.25) is 4.79 Å². The van der Waals surface area contributed by atoms with E-state index in [0.717, 1.165) is 45.1 Å². The molecule has 2 spiro atoms. The van der Waals surface area contributed by atoms with Crippen molar-refractivity contribution in [3.05, 3.63) is 0 Å². The topological polar surface area (TPSA) is 44.8 Å². The van der Waals surface area contributed by atoms with Crippen LogP contribution < -0.4 is 0 Å². The van der Waals surface area contributed by atoms with Gasteiger partial charge in [0.2, 0.25) is 0 Å². The van der Waals surface area contributed by atoms with E-state index in [-0.39, 0.29) is 22.5 Å². The molecule has 0 aromatic rings. The second-order valence-corrected chi connectivity index (χ2v) is 13.8. The molecule has 0 radical (unpaired) electrons. The zero-order valence-corrected chi connectivity index (χ0v) is 16.4. The Labute approximate surface area is 141 Å². The van der Waals surface area contributed by atoms with Gasteiger partial charge < -0.3 is 13.9 Å². The monoisotopic (exact) mass is 340 g/mol. The quantitative estimate of drug-likeness (QED) is 0.717. The van der Waals surface area contributed by atoms with E-state index in [1.807, 2.05) is 0 Å². The lowest BCUT2D eigenvalue weighted by molar-refractivity contribution is -0.202. The molecule has 2 aliphatic heterocycles. The lowest BCUT2D eigenvalue weighted by atomic mass is 9.67. The van der Waals surface area contributed by atoms with Crippen LogP contribution in [0.2, 0.25) is 18.1 Å². The molecule has 0 bridgehead atoms. The molecule has 1 aliphatic carbocycles. The van der Waals surface area contributed by atoms with Crippen LogP contribution in [-0.4, -0.2) is 44.6 Å². The third-order valence-electron chi connectivity index (χ3n) is 6.60. The number of rotatable bonds is 2. The Balaban J connectivity index is 1.86. The van der Waals surface area contributed by atoms with Gasteiger partial charge in [0.1, 0.15) is 11.7 Å². The molecule has 2 saturated heterocycles. The van der Waals surface area contributed by atoms with Crippen molar-refractivity contribution in [3.8, 4) is 0 Å². The molecule has 3 fully saturated rings. The maximum Gasteiger partial charge on any atom is 0.194 e. The average molecular weight is 341 g/mol. The van der Waals surface area contributed by atoms with Gasteiger partial charge in [0.05, 0.1) is 0 Å². The fourth-order valence-corrected chi connectivity index (χ4v) is 5.52. The van der Waals surface area contributed by atoms with Gasteiger partial charge in [-0.15, -0.1) is 0 Å². The molecule has 0 amide bonds. The molecule has 3 rings (SSSR count). The maximum absolute atomic E-state index is 13.4. The van der Waals surface area contributed by atoms with E-state index in [4.69, 9.17) is 13.9 Å². The fourth-order valence-electron chi connectivity index (χ4n) is 4.23. The van der Waals surface area contributed by atoms with E-state index in [0.29, 0.717) is 6.61 Å². The summed E-state index contributed by atoms with van der Waals surface area (Å²) in [5.41, 5.74) is -1.12. The molecule has 0 aromatic heterocycles. The predicted octanol–water partition coefficient (Wildman–Crippen LogP) is 3.84. The molecular weight excluding hydrogens is 308 g/mol. The van der Waals surface area contributed by atoms with Crippen LogP contribution in [0.1, 0.15) is 59.3 Å². The van der Waals surface area contributed by atoms with Crippen LogP contribution in [0, 0.1) is 0 Å². The van der Waals surface area contributed by atoms with Gasteiger partial charge in [0.25, 0.3) is 0 Å². The van der Waals surface area contributed by atoms with Crippen LogP contribution >= 0.6 is 0 Å². The Hall–Kier alpha value is -0.233. The Morgan fingerprint density at radius 3 is 2.26 bits per heavy atom. The summed E-state index contributed by atoms with van der Waals surface area (Å²) in [6.45, 7) is 12.5. The largest absolute Gasteiger partial charge is 0.407 e. The van der Waals surface area contributed by atoms with Gasteiger partial charge in [0, 0.05) is 13.2 Å². The van der Waals surface area contributed by atoms with Crippen molar-refractivity contribution < 1.29 is 18.7 Å². The van der Waals surface area contributed by atoms with Crippen LogP contribution in [-0.2, 0) is 18.7 Å². The first-order valence-corrected chi connectivity index (χ1v) is 12.0. The maximum atomic E-state index is 13.4. The number of carbonyl (C=O) groups excluding carboxylic acids is 1. The van der Waals surface area contributed by atoms with E-state index in [9.17, 15) is 4.79 Å². The molecule has 0 unspecified atom stereocenters. The highest BCUT2D eigenvalue weighted by molar-refractivity contribution is 6.74. The predicted molar refractivity (Wildman–Crippen MR) is 92.1 cm³/mol. The van der Waals surface area contributed by atoms with Gasteiger partial charge in [-0.1, -0.05) is 20.8 Å². The Bertz CT molecular complexity index is 468. The average Bonchev–Trinajstić information content (AvgIpc) is 3.10. The standard InChI is InChI=1S/C18H32O4Si/c1-16(2,3)23(4,5)22-14-8-11-17(9-6-12-20-17)18(15(14)19)10-7-13-21-18/h14H,6-13H2,1-5H3/t14-,17-,18-/m1/s1. The lowest BCUT2D eigenvalue weighted by Gasteiger charge is -2.50. The van der Waals surface area contributed by atoms with Crippen molar-refractivity contribution in [1.29, 1.82) is 0 Å². The van der Waals surface area contributed by atoms with Gasteiger partial charge in [0.15, 0.2) is 19.7 Å². The van der Waals surface area contributed by atoms with E-state index in [1.54, 1.807) is 0 Å². The van der Waals surface area contributed by atoms with Crippen molar-refractivity contribution >= 4 is 14.1 Å². The van der Waals surface area contributed by atoms with Crippen LogP contribution in [0.25, 0.3) is 0 Å². The molecule has 0 aromatic carbocycles. The first kappa shape index (κ1) is 17.6. The summed E-state index contributed by atoms with van der Waals surface area (Å²) in [7, 11) is -1.97. The summed E-state index contributed by atoms with van der Waals surface area (Å²) in [6.07, 6.45) is 5.07. The van der Waals surface area contributed by atoms with Gasteiger partial charge in [-0.25, -0.2) is 0 Å². The summed E-state index contributed by atoms with van der Waals surface area (Å²) in [5, 5.41) is 0.107. The molecule has 4 nitrogen and oxygen atoms in total. The minimum absolute atomic E-state index is 0.107. The zero-order chi connectivity index (χ0) is 16.9. The molecule has 5 heteroatoms. The van der Waals surface area contributed by atoms with Gasteiger partial charge in [-0.05, 0) is 56.7 Å². The highest BCUT2D eigenvalue weighted by Gasteiger charge is 2.65. The molecule has 3 aliphatic rings. The minimum Gasteiger partial charge on any atom is -0.407 e. The van der Waals surface area contributed by atoms with Crippen molar-refractivity contribution in [2.24, 2.45) is 0 Å². The highest BCUT2D eigenvalue weighted by Crippen LogP contribution is 2.52. The number of ether oxygens (including phenoxy) is 2. The zero-order valence-electron chi connectivity index (χ0n) is 15.4. The Morgan fingerprint density at radius 2 is 1.74 bits per heavy atom. The SMILES string of the molecule is CC(C)(C)[Si](C)(C)O[C@@H]1CC[C@]2(CCCO2)[C@@]2(CCCO2)C1=O. The minimum atomic E-state index is -1.97. The van der Waals surface area contributed by atoms with Crippen LogP contribution in [0.4, 0.5) is 0 Å². The van der Waals surface area contributed by atoms with E-state index in [2.05, 4.69) is 33.9 Å². The molecule has 23 heavy (non-hydrogen) atoms.